The van der Waals surface area contributed by atoms with Crippen LogP contribution in [0.1, 0.15) is 16.7 Å². The van der Waals surface area contributed by atoms with Gasteiger partial charge >= 0.3 is 5.97 Å². The Labute approximate surface area is 202 Å². The van der Waals surface area contributed by atoms with Crippen molar-refractivity contribution in [2.45, 2.75) is 6.42 Å². The highest BCUT2D eigenvalue weighted by atomic mass is 19.1. The number of ether oxygens (including phenoxy) is 4. The monoisotopic (exact) mass is 473 g/mol. The molecule has 0 saturated carbocycles. The van der Waals surface area contributed by atoms with Crippen LogP contribution in [0.3, 0.4) is 0 Å². The summed E-state index contributed by atoms with van der Waals surface area (Å²) in [6.07, 6.45) is 4.15. The lowest BCUT2D eigenvalue weighted by molar-refractivity contribution is -0.129. The van der Waals surface area contributed by atoms with E-state index in [-0.39, 0.29) is 17.4 Å². The fourth-order valence-corrected chi connectivity index (χ4v) is 3.45. The number of aliphatic imine (C=N–C) groups is 1. The van der Waals surface area contributed by atoms with Crippen LogP contribution in [0.4, 0.5) is 4.39 Å². The summed E-state index contributed by atoms with van der Waals surface area (Å²) < 4.78 is 35.5. The van der Waals surface area contributed by atoms with Gasteiger partial charge in [-0.25, -0.2) is 14.2 Å². The highest BCUT2D eigenvalue weighted by Crippen LogP contribution is 2.30. The average Bonchev–Trinajstić information content (AvgIpc) is 3.23. The number of hydrogen-bond donors (Lipinski definition) is 0. The van der Waals surface area contributed by atoms with E-state index in [0.717, 1.165) is 17.7 Å². The molecule has 0 amide bonds. The molecule has 0 aliphatic carbocycles. The second kappa shape index (κ2) is 11.2. The third-order valence-corrected chi connectivity index (χ3v) is 5.14. The van der Waals surface area contributed by atoms with Crippen LogP contribution in [0.15, 0.2) is 90.1 Å². The molecule has 3 aromatic rings. The van der Waals surface area contributed by atoms with E-state index in [0.29, 0.717) is 35.8 Å². The molecule has 0 saturated heterocycles. The summed E-state index contributed by atoms with van der Waals surface area (Å²) in [5, 5.41) is 0. The van der Waals surface area contributed by atoms with Crippen LogP contribution < -0.4 is 14.2 Å². The van der Waals surface area contributed by atoms with Gasteiger partial charge in [-0.3, -0.25) is 0 Å². The van der Waals surface area contributed by atoms with Crippen molar-refractivity contribution in [3.63, 3.8) is 0 Å². The summed E-state index contributed by atoms with van der Waals surface area (Å²) in [5.41, 5.74) is 2.39. The Morgan fingerprint density at radius 1 is 0.971 bits per heavy atom. The quantitative estimate of drug-likeness (QED) is 0.172. The first kappa shape index (κ1) is 23.8. The SMILES string of the molecule is C=CCc1ccccc1OCCOc1ccc(C=C2N=C(c3ccc(F)cc3)OC2=O)cc1OC. The van der Waals surface area contributed by atoms with Crippen LogP contribution in [0.2, 0.25) is 0 Å². The second-order valence-electron chi connectivity index (χ2n) is 7.55. The van der Waals surface area contributed by atoms with E-state index in [1.54, 1.807) is 24.3 Å². The molecule has 3 aromatic carbocycles. The van der Waals surface area contributed by atoms with Crippen LogP contribution >= 0.6 is 0 Å². The maximum Gasteiger partial charge on any atom is 0.363 e. The van der Waals surface area contributed by atoms with E-state index in [1.807, 2.05) is 30.3 Å². The van der Waals surface area contributed by atoms with Crippen molar-refractivity contribution in [3.8, 4) is 17.2 Å². The van der Waals surface area contributed by atoms with Crippen molar-refractivity contribution in [3.05, 3.63) is 108 Å². The maximum atomic E-state index is 13.1. The van der Waals surface area contributed by atoms with Crippen molar-refractivity contribution in [1.29, 1.82) is 0 Å². The number of allylic oxidation sites excluding steroid dienone is 1. The summed E-state index contributed by atoms with van der Waals surface area (Å²) in [7, 11) is 1.54. The predicted molar refractivity (Wildman–Crippen MR) is 131 cm³/mol. The number of halogens is 1. The Morgan fingerprint density at radius 3 is 2.46 bits per heavy atom. The van der Waals surface area contributed by atoms with Gasteiger partial charge in [-0.05, 0) is 66.1 Å². The molecule has 0 spiro atoms. The van der Waals surface area contributed by atoms with Crippen molar-refractivity contribution in [2.75, 3.05) is 20.3 Å². The molecule has 178 valence electrons. The summed E-state index contributed by atoms with van der Waals surface area (Å²) >= 11 is 0. The van der Waals surface area contributed by atoms with Crippen LogP contribution in [-0.4, -0.2) is 32.2 Å². The lowest BCUT2D eigenvalue weighted by atomic mass is 10.1. The molecule has 4 rings (SSSR count). The molecule has 0 bridgehead atoms. The number of methoxy groups -OCH3 is 1. The lowest BCUT2D eigenvalue weighted by Gasteiger charge is -2.13. The van der Waals surface area contributed by atoms with Gasteiger partial charge in [0.15, 0.2) is 17.2 Å². The highest BCUT2D eigenvalue weighted by molar-refractivity contribution is 6.12. The molecule has 0 unspecified atom stereocenters. The molecule has 0 fully saturated rings. The molecule has 0 radical (unpaired) electrons. The van der Waals surface area contributed by atoms with Gasteiger partial charge in [0.25, 0.3) is 0 Å². The van der Waals surface area contributed by atoms with Crippen molar-refractivity contribution in [1.82, 2.24) is 0 Å². The number of hydrogen-bond acceptors (Lipinski definition) is 6. The van der Waals surface area contributed by atoms with Crippen LogP contribution in [0.25, 0.3) is 6.08 Å². The molecule has 1 aliphatic heterocycles. The van der Waals surface area contributed by atoms with E-state index in [4.69, 9.17) is 18.9 Å². The van der Waals surface area contributed by atoms with Gasteiger partial charge < -0.3 is 18.9 Å². The predicted octanol–water partition coefficient (Wildman–Crippen LogP) is 5.37. The van der Waals surface area contributed by atoms with Crippen molar-refractivity contribution >= 4 is 17.9 Å². The number of rotatable bonds is 10. The fourth-order valence-electron chi connectivity index (χ4n) is 3.45. The summed E-state index contributed by atoms with van der Waals surface area (Å²) in [6, 6.07) is 18.6. The van der Waals surface area contributed by atoms with Gasteiger partial charge in [-0.1, -0.05) is 30.3 Å². The standard InChI is InChI=1S/C28H24FNO5/c1-3-6-20-7-4-5-8-24(20)33-15-16-34-25-14-9-19(18-26(25)32-2)17-23-28(31)35-27(30-23)21-10-12-22(29)13-11-21/h3-5,7-14,17-18H,1,6,15-16H2,2H3. The Kier molecular flexibility index (Phi) is 7.57. The Hall–Kier alpha value is -4.39. The number of cyclic esters (lactones) is 1. The average molecular weight is 474 g/mol. The topological polar surface area (TPSA) is 66.3 Å². The fraction of sp³-hybridized carbons (Fsp3) is 0.143. The van der Waals surface area contributed by atoms with Gasteiger partial charge in [-0.15, -0.1) is 6.58 Å². The third-order valence-electron chi connectivity index (χ3n) is 5.14. The zero-order valence-corrected chi connectivity index (χ0v) is 19.2. The molecular weight excluding hydrogens is 449 g/mol. The van der Waals surface area contributed by atoms with Gasteiger partial charge in [0.05, 0.1) is 7.11 Å². The number of carbonyl (C=O) groups is 1. The molecule has 1 aliphatic rings. The normalized spacial score (nSPS) is 13.8. The molecule has 1 heterocycles. The van der Waals surface area contributed by atoms with Crippen LogP contribution in [0.5, 0.6) is 17.2 Å². The maximum absolute atomic E-state index is 13.1. The molecule has 6 nitrogen and oxygen atoms in total. The number of nitrogens with zero attached hydrogens (tertiary/aromatic N) is 1. The summed E-state index contributed by atoms with van der Waals surface area (Å²) in [6.45, 7) is 4.45. The molecular formula is C28H24FNO5. The minimum absolute atomic E-state index is 0.128. The second-order valence-corrected chi connectivity index (χ2v) is 7.55. The number of para-hydroxylation sites is 1. The molecule has 0 aromatic heterocycles. The first-order chi connectivity index (χ1) is 17.1. The Balaban J connectivity index is 1.41. The zero-order valence-electron chi connectivity index (χ0n) is 19.2. The highest BCUT2D eigenvalue weighted by Gasteiger charge is 2.24. The van der Waals surface area contributed by atoms with Gasteiger partial charge in [-0.2, -0.15) is 0 Å². The number of benzene rings is 3. The largest absolute Gasteiger partial charge is 0.493 e. The van der Waals surface area contributed by atoms with Gasteiger partial charge in [0.1, 0.15) is 24.8 Å². The molecule has 35 heavy (non-hydrogen) atoms. The van der Waals surface area contributed by atoms with E-state index in [1.165, 1.54) is 31.4 Å². The van der Waals surface area contributed by atoms with E-state index in [2.05, 4.69) is 11.6 Å². The van der Waals surface area contributed by atoms with Crippen LogP contribution in [-0.2, 0) is 16.0 Å². The Bertz CT molecular complexity index is 1280. The van der Waals surface area contributed by atoms with E-state index in [9.17, 15) is 9.18 Å². The molecule has 7 heteroatoms. The van der Waals surface area contributed by atoms with Crippen molar-refractivity contribution < 1.29 is 28.1 Å². The minimum Gasteiger partial charge on any atom is -0.493 e. The summed E-state index contributed by atoms with van der Waals surface area (Å²) in [4.78, 5) is 16.5. The lowest BCUT2D eigenvalue weighted by Crippen LogP contribution is -2.10. The molecule has 0 N–H and O–H groups in total. The molecule has 0 atom stereocenters. The summed E-state index contributed by atoms with van der Waals surface area (Å²) in [5.74, 6) is 1.00. The van der Waals surface area contributed by atoms with E-state index < -0.39 is 5.97 Å². The smallest absolute Gasteiger partial charge is 0.363 e. The number of carbonyl (C=O) groups excluding carboxylic acids is 1. The van der Waals surface area contributed by atoms with E-state index >= 15 is 0 Å². The third kappa shape index (κ3) is 5.95. The van der Waals surface area contributed by atoms with Gasteiger partial charge in [0, 0.05) is 5.56 Å². The van der Waals surface area contributed by atoms with Gasteiger partial charge in [0.2, 0.25) is 5.90 Å². The van der Waals surface area contributed by atoms with Crippen LogP contribution in [0, 0.1) is 5.82 Å². The number of esters is 1. The first-order valence-electron chi connectivity index (χ1n) is 11.0. The first-order valence-corrected chi connectivity index (χ1v) is 11.0. The zero-order chi connectivity index (χ0) is 24.6. The Morgan fingerprint density at radius 2 is 1.71 bits per heavy atom. The minimum atomic E-state index is -0.586. The van der Waals surface area contributed by atoms with Crippen molar-refractivity contribution in [2.24, 2.45) is 4.99 Å².